The van der Waals surface area contributed by atoms with Crippen molar-refractivity contribution in [2.75, 3.05) is 13.7 Å². The first-order valence-corrected chi connectivity index (χ1v) is 6.11. The van der Waals surface area contributed by atoms with Gasteiger partial charge in [-0.25, -0.2) is 0 Å². The van der Waals surface area contributed by atoms with Crippen molar-refractivity contribution in [1.29, 1.82) is 5.26 Å². The third-order valence-electron chi connectivity index (χ3n) is 3.29. The number of rotatable bonds is 3. The average molecular weight is 275 g/mol. The second-order valence-corrected chi connectivity index (χ2v) is 4.43. The Morgan fingerprint density at radius 2 is 2.35 bits per heavy atom. The van der Waals surface area contributed by atoms with Gasteiger partial charge >= 0.3 is 5.69 Å². The molecule has 1 aliphatic heterocycles. The third-order valence-corrected chi connectivity index (χ3v) is 3.29. The van der Waals surface area contributed by atoms with Crippen molar-refractivity contribution in [1.82, 2.24) is 4.90 Å². The van der Waals surface area contributed by atoms with Gasteiger partial charge in [0.25, 0.3) is 5.91 Å². The SMILES string of the molecule is COc1cc(C(=O)N2CCCC2C#N)ccc1[N+](=O)[O-]. The van der Waals surface area contributed by atoms with Crippen LogP contribution in [-0.2, 0) is 0 Å². The lowest BCUT2D eigenvalue weighted by molar-refractivity contribution is -0.385. The lowest BCUT2D eigenvalue weighted by Gasteiger charge is -2.19. The highest BCUT2D eigenvalue weighted by molar-refractivity contribution is 5.95. The molecular weight excluding hydrogens is 262 g/mol. The lowest BCUT2D eigenvalue weighted by Crippen LogP contribution is -2.34. The molecule has 1 amide bonds. The minimum Gasteiger partial charge on any atom is -0.490 e. The number of hydrogen-bond acceptors (Lipinski definition) is 5. The van der Waals surface area contributed by atoms with Crippen LogP contribution in [0.3, 0.4) is 0 Å². The normalized spacial score (nSPS) is 17.6. The van der Waals surface area contributed by atoms with Crippen molar-refractivity contribution in [3.05, 3.63) is 33.9 Å². The molecule has 2 rings (SSSR count). The zero-order chi connectivity index (χ0) is 14.7. The van der Waals surface area contributed by atoms with E-state index < -0.39 is 11.0 Å². The maximum atomic E-state index is 12.3. The van der Waals surface area contributed by atoms with Gasteiger partial charge in [-0.15, -0.1) is 0 Å². The fraction of sp³-hybridized carbons (Fsp3) is 0.385. The number of benzene rings is 1. The van der Waals surface area contributed by atoms with E-state index in [1.807, 2.05) is 0 Å². The molecule has 0 bridgehead atoms. The maximum Gasteiger partial charge on any atom is 0.310 e. The quantitative estimate of drug-likeness (QED) is 0.618. The van der Waals surface area contributed by atoms with Crippen LogP contribution in [-0.4, -0.2) is 35.4 Å². The summed E-state index contributed by atoms with van der Waals surface area (Å²) in [4.78, 5) is 24.0. The monoisotopic (exact) mass is 275 g/mol. The summed E-state index contributed by atoms with van der Waals surface area (Å²) in [6.45, 7) is 0.524. The number of nitriles is 1. The van der Waals surface area contributed by atoms with E-state index in [-0.39, 0.29) is 22.9 Å². The van der Waals surface area contributed by atoms with Gasteiger partial charge in [0.2, 0.25) is 0 Å². The van der Waals surface area contributed by atoms with E-state index in [1.54, 1.807) is 0 Å². The molecule has 1 aromatic rings. The minimum absolute atomic E-state index is 0.0357. The van der Waals surface area contributed by atoms with Crippen molar-refractivity contribution in [3.63, 3.8) is 0 Å². The van der Waals surface area contributed by atoms with Gasteiger partial charge in [-0.3, -0.25) is 14.9 Å². The number of hydrogen-bond donors (Lipinski definition) is 0. The molecule has 0 N–H and O–H groups in total. The number of nitro benzene ring substituents is 1. The molecule has 0 saturated carbocycles. The number of methoxy groups -OCH3 is 1. The topological polar surface area (TPSA) is 96.5 Å². The number of ether oxygens (including phenoxy) is 1. The van der Waals surface area contributed by atoms with Crippen LogP contribution < -0.4 is 4.74 Å². The fourth-order valence-electron chi connectivity index (χ4n) is 2.27. The molecule has 7 heteroatoms. The summed E-state index contributed by atoms with van der Waals surface area (Å²) in [5.74, 6) is -0.268. The van der Waals surface area contributed by atoms with Crippen LogP contribution >= 0.6 is 0 Å². The van der Waals surface area contributed by atoms with Gasteiger partial charge in [0, 0.05) is 24.2 Å². The van der Waals surface area contributed by atoms with E-state index in [0.29, 0.717) is 13.0 Å². The van der Waals surface area contributed by atoms with Crippen LogP contribution in [0, 0.1) is 21.4 Å². The number of nitrogens with zero attached hydrogens (tertiary/aromatic N) is 3. The molecule has 1 aliphatic rings. The number of likely N-dealkylation sites (tertiary alicyclic amines) is 1. The Morgan fingerprint density at radius 1 is 1.60 bits per heavy atom. The molecule has 1 saturated heterocycles. The van der Waals surface area contributed by atoms with E-state index >= 15 is 0 Å². The fourth-order valence-corrected chi connectivity index (χ4v) is 2.27. The first-order valence-electron chi connectivity index (χ1n) is 6.11. The third kappa shape index (κ3) is 2.40. The number of carbonyl (C=O) groups is 1. The van der Waals surface area contributed by atoms with Crippen molar-refractivity contribution < 1.29 is 14.5 Å². The largest absolute Gasteiger partial charge is 0.490 e. The maximum absolute atomic E-state index is 12.3. The molecule has 0 radical (unpaired) electrons. The molecule has 1 unspecified atom stereocenters. The van der Waals surface area contributed by atoms with E-state index in [9.17, 15) is 14.9 Å². The highest BCUT2D eigenvalue weighted by Gasteiger charge is 2.30. The van der Waals surface area contributed by atoms with Crippen molar-refractivity contribution in [2.45, 2.75) is 18.9 Å². The molecule has 0 aliphatic carbocycles. The highest BCUT2D eigenvalue weighted by Crippen LogP contribution is 2.29. The van der Waals surface area contributed by atoms with Gasteiger partial charge in [0.15, 0.2) is 5.75 Å². The van der Waals surface area contributed by atoms with E-state index in [1.165, 1.54) is 30.2 Å². The number of carbonyl (C=O) groups excluding carboxylic acids is 1. The van der Waals surface area contributed by atoms with Crippen molar-refractivity contribution >= 4 is 11.6 Å². The van der Waals surface area contributed by atoms with Gasteiger partial charge in [-0.05, 0) is 18.9 Å². The summed E-state index contributed by atoms with van der Waals surface area (Å²) in [6.07, 6.45) is 1.44. The van der Waals surface area contributed by atoms with E-state index in [4.69, 9.17) is 10.00 Å². The Labute approximate surface area is 115 Å². The molecule has 1 atom stereocenters. The Morgan fingerprint density at radius 3 is 2.95 bits per heavy atom. The summed E-state index contributed by atoms with van der Waals surface area (Å²) >= 11 is 0. The average Bonchev–Trinajstić information content (AvgIpc) is 2.93. The van der Waals surface area contributed by atoms with Gasteiger partial charge < -0.3 is 9.64 Å². The predicted octanol–water partition coefficient (Wildman–Crippen LogP) is 1.73. The second-order valence-electron chi connectivity index (χ2n) is 4.43. The Bertz CT molecular complexity index is 594. The zero-order valence-corrected chi connectivity index (χ0v) is 10.9. The van der Waals surface area contributed by atoms with E-state index in [2.05, 4.69) is 6.07 Å². The first-order chi connectivity index (χ1) is 9.58. The smallest absolute Gasteiger partial charge is 0.310 e. The Kier molecular flexibility index (Phi) is 3.84. The number of amides is 1. The molecule has 104 valence electrons. The standard InChI is InChI=1S/C13H13N3O4/c1-20-12-7-9(4-5-11(12)16(18)19)13(17)15-6-2-3-10(15)8-14/h4-5,7,10H,2-3,6H2,1H3. The summed E-state index contributed by atoms with van der Waals surface area (Å²) < 4.78 is 4.94. The predicted molar refractivity (Wildman–Crippen MR) is 69.3 cm³/mol. The summed E-state index contributed by atoms with van der Waals surface area (Å²) in [7, 11) is 1.31. The van der Waals surface area contributed by atoms with Gasteiger partial charge in [0.05, 0.1) is 18.1 Å². The molecule has 1 fully saturated rings. The zero-order valence-electron chi connectivity index (χ0n) is 10.9. The molecule has 1 aromatic carbocycles. The van der Waals surface area contributed by atoms with Crippen LogP contribution in [0.15, 0.2) is 18.2 Å². The molecule has 1 heterocycles. The summed E-state index contributed by atoms with van der Waals surface area (Å²) in [6, 6.07) is 5.63. The van der Waals surface area contributed by atoms with E-state index in [0.717, 1.165) is 6.42 Å². The molecule has 0 spiro atoms. The van der Waals surface area contributed by atoms with Crippen molar-refractivity contribution in [3.8, 4) is 11.8 Å². The molecule has 20 heavy (non-hydrogen) atoms. The molecule has 7 nitrogen and oxygen atoms in total. The lowest BCUT2D eigenvalue weighted by atomic mass is 10.1. The van der Waals surface area contributed by atoms with Gasteiger partial charge in [-0.1, -0.05) is 0 Å². The van der Waals surface area contributed by atoms with Crippen LogP contribution in [0.1, 0.15) is 23.2 Å². The van der Waals surface area contributed by atoms with Gasteiger partial charge in [-0.2, -0.15) is 5.26 Å². The summed E-state index contributed by atoms with van der Waals surface area (Å²) in [5.41, 5.74) is 0.0944. The number of nitro groups is 1. The van der Waals surface area contributed by atoms with Crippen LogP contribution in [0.25, 0.3) is 0 Å². The Hall–Kier alpha value is -2.62. The second kappa shape index (κ2) is 5.57. The highest BCUT2D eigenvalue weighted by atomic mass is 16.6. The summed E-state index contributed by atoms with van der Waals surface area (Å²) in [5, 5.41) is 19.8. The molecule has 0 aromatic heterocycles. The molecular formula is C13H13N3O4. The van der Waals surface area contributed by atoms with Crippen molar-refractivity contribution in [2.24, 2.45) is 0 Å². The van der Waals surface area contributed by atoms with Crippen LogP contribution in [0.5, 0.6) is 5.75 Å². The van der Waals surface area contributed by atoms with Crippen LogP contribution in [0.4, 0.5) is 5.69 Å². The Balaban J connectivity index is 2.32. The van der Waals surface area contributed by atoms with Crippen LogP contribution in [0.2, 0.25) is 0 Å². The van der Waals surface area contributed by atoms with Gasteiger partial charge in [0.1, 0.15) is 6.04 Å². The first kappa shape index (κ1) is 13.8. The minimum atomic E-state index is -0.568.